The largest absolute Gasteiger partial charge is 0.444 e. The molecule has 16 heteroatoms. The summed E-state index contributed by atoms with van der Waals surface area (Å²) in [4.78, 5) is 33.5. The third-order valence-electron chi connectivity index (χ3n) is 9.73. The van der Waals surface area contributed by atoms with Crippen LogP contribution in [0.25, 0.3) is 0 Å². The van der Waals surface area contributed by atoms with E-state index in [4.69, 9.17) is 29.7 Å². The highest BCUT2D eigenvalue weighted by Gasteiger charge is 2.51. The van der Waals surface area contributed by atoms with Crippen LogP contribution >= 0.6 is 23.5 Å². The van der Waals surface area contributed by atoms with E-state index in [0.29, 0.717) is 57.9 Å². The topological polar surface area (TPSA) is 158 Å². The lowest BCUT2D eigenvalue weighted by Crippen LogP contribution is -2.42. The molecule has 4 heterocycles. The Bertz CT molecular complexity index is 1810. The van der Waals surface area contributed by atoms with Crippen molar-refractivity contribution in [3.8, 4) is 0 Å². The Morgan fingerprint density at radius 1 is 0.764 bits per heavy atom. The highest BCUT2D eigenvalue weighted by atomic mass is 32.2. The summed E-state index contributed by atoms with van der Waals surface area (Å²) in [6.07, 6.45) is 5.12. The number of carbonyl (C=O) groups excluding carboxylic acids is 2. The van der Waals surface area contributed by atoms with Crippen molar-refractivity contribution in [1.29, 1.82) is 0 Å². The van der Waals surface area contributed by atoms with Crippen molar-refractivity contribution in [2.24, 2.45) is 21.8 Å². The number of nitrogen functional groups attached to an aromatic ring is 1. The van der Waals surface area contributed by atoms with Crippen LogP contribution in [0.15, 0.2) is 46.4 Å². The van der Waals surface area contributed by atoms with Crippen LogP contribution in [0, 0.1) is 23.5 Å². The number of aliphatic imine (C=N–C) groups is 2. The monoisotopic (exact) mass is 802 g/mol. The maximum absolute atomic E-state index is 15.0. The van der Waals surface area contributed by atoms with E-state index in [1.54, 1.807) is 53.7 Å². The van der Waals surface area contributed by atoms with Crippen molar-refractivity contribution in [1.82, 2.24) is 10.6 Å². The molecule has 5 N–H and O–H groups in total. The molecule has 0 spiro atoms. The average Bonchev–Trinajstić information content (AvgIpc) is 3.86. The van der Waals surface area contributed by atoms with Crippen molar-refractivity contribution < 1.29 is 37.3 Å². The summed E-state index contributed by atoms with van der Waals surface area (Å²) in [5, 5.41) is 9.63. The summed E-state index contributed by atoms with van der Waals surface area (Å²) in [6, 6.07) is 9.89. The van der Waals surface area contributed by atoms with Crippen molar-refractivity contribution in [2.75, 3.05) is 35.8 Å². The summed E-state index contributed by atoms with van der Waals surface area (Å²) in [5.74, 6) is 0.637. The average molecular weight is 803 g/mol. The van der Waals surface area contributed by atoms with E-state index in [1.807, 2.05) is 6.07 Å². The SMILES string of the molecule is CC(C)(C)OC(=O)NC1=N[C@@]2(c3cc(N)ccc3F)OCC[C@H]2CS1.CC(C)(C)OC(=O)NC1=N[C@@]2(c3cc(NC4CCCC4)ccc3F)OCC[C@H]2CS1. The Hall–Kier alpha value is -3.60. The van der Waals surface area contributed by atoms with Crippen LogP contribution in [-0.4, -0.2) is 64.5 Å². The van der Waals surface area contributed by atoms with Crippen LogP contribution in [0.3, 0.4) is 0 Å². The van der Waals surface area contributed by atoms with Gasteiger partial charge in [0, 0.05) is 51.9 Å². The van der Waals surface area contributed by atoms with Gasteiger partial charge in [-0.05, 0) is 104 Å². The van der Waals surface area contributed by atoms with Gasteiger partial charge in [-0.2, -0.15) is 0 Å². The van der Waals surface area contributed by atoms with E-state index in [1.165, 1.54) is 54.6 Å². The van der Waals surface area contributed by atoms with Gasteiger partial charge in [0.1, 0.15) is 22.8 Å². The number of nitrogens with one attached hydrogen (secondary N) is 3. The second-order valence-electron chi connectivity index (χ2n) is 16.3. The third-order valence-corrected chi connectivity index (χ3v) is 11.8. The Morgan fingerprint density at radius 2 is 1.24 bits per heavy atom. The maximum Gasteiger partial charge on any atom is 0.413 e. The van der Waals surface area contributed by atoms with Crippen molar-refractivity contribution in [2.45, 2.75) is 109 Å². The van der Waals surface area contributed by atoms with Crippen molar-refractivity contribution in [3.63, 3.8) is 0 Å². The minimum absolute atomic E-state index is 0.0120. The van der Waals surface area contributed by atoms with Gasteiger partial charge < -0.3 is 30.0 Å². The van der Waals surface area contributed by atoms with E-state index < -0.39 is 40.7 Å². The number of halogens is 2. The number of rotatable bonds is 4. The third kappa shape index (κ3) is 9.86. The molecule has 2 saturated heterocycles. The van der Waals surface area contributed by atoms with E-state index in [9.17, 15) is 14.0 Å². The molecule has 2 aromatic carbocycles. The molecule has 4 atom stereocenters. The molecule has 2 amide bonds. The maximum atomic E-state index is 15.0. The molecule has 0 radical (unpaired) electrons. The number of nitrogens with two attached hydrogens (primary N) is 1. The van der Waals surface area contributed by atoms with Gasteiger partial charge in [-0.3, -0.25) is 10.6 Å². The minimum Gasteiger partial charge on any atom is -0.444 e. The van der Waals surface area contributed by atoms with Gasteiger partial charge in [-0.25, -0.2) is 28.4 Å². The van der Waals surface area contributed by atoms with Gasteiger partial charge in [0.2, 0.25) is 0 Å². The van der Waals surface area contributed by atoms with Crippen molar-refractivity contribution in [3.05, 3.63) is 59.2 Å². The number of fused-ring (bicyclic) bond motifs is 2. The second kappa shape index (κ2) is 16.5. The van der Waals surface area contributed by atoms with Crippen LogP contribution in [0.4, 0.5) is 29.7 Å². The molecule has 55 heavy (non-hydrogen) atoms. The molecule has 0 bridgehead atoms. The van der Waals surface area contributed by atoms with Crippen LogP contribution in [0.1, 0.15) is 91.2 Å². The van der Waals surface area contributed by atoms with Gasteiger partial charge in [-0.1, -0.05) is 36.4 Å². The smallest absolute Gasteiger partial charge is 0.413 e. The zero-order chi connectivity index (χ0) is 39.6. The molecule has 0 aromatic heterocycles. The van der Waals surface area contributed by atoms with Gasteiger partial charge >= 0.3 is 12.2 Å². The normalized spacial score (nSPS) is 26.4. The van der Waals surface area contributed by atoms with E-state index >= 15 is 4.39 Å². The number of benzene rings is 2. The Balaban J connectivity index is 0.000000190. The van der Waals surface area contributed by atoms with Crippen LogP contribution in [-0.2, 0) is 30.4 Å². The number of anilines is 2. The number of hydrogen-bond acceptors (Lipinski definition) is 12. The Labute approximate surface area is 329 Å². The first kappa shape index (κ1) is 41.0. The molecular weight excluding hydrogens is 751 g/mol. The lowest BCUT2D eigenvalue weighted by Gasteiger charge is -2.35. The number of ether oxygens (including phenoxy) is 4. The molecule has 1 saturated carbocycles. The van der Waals surface area contributed by atoms with Gasteiger partial charge in [0.05, 0.1) is 13.2 Å². The van der Waals surface area contributed by atoms with Crippen LogP contribution < -0.4 is 21.7 Å². The molecule has 1 aliphatic carbocycles. The quantitative estimate of drug-likeness (QED) is 0.222. The van der Waals surface area contributed by atoms with Gasteiger partial charge in [0.25, 0.3) is 0 Å². The number of alkyl carbamates (subject to hydrolysis) is 2. The number of nitrogens with zero attached hydrogens (tertiary/aromatic N) is 2. The second-order valence-corrected chi connectivity index (χ2v) is 18.3. The van der Waals surface area contributed by atoms with Crippen molar-refractivity contribution >= 4 is 57.4 Å². The lowest BCUT2D eigenvalue weighted by molar-refractivity contribution is -0.0175. The fraction of sp³-hybridized carbons (Fsp3) is 0.590. The first-order valence-corrected chi connectivity index (χ1v) is 20.8. The molecule has 300 valence electrons. The standard InChI is InChI=1S/C22H30FN3O3S.C17H22FN3O3S/c1-21(2,3)29-20(27)25-19-26-22(14(13-30-19)10-11-28-22)17-12-16(8-9-18(17)23)24-15-6-4-5-7-15;1-16(2,3)24-15(22)20-14-21-17(10(9-25-14)6-7-23-17)12-8-11(19)4-5-13(12)18/h8-9,12,14-15,24H,4-7,10-11,13H2,1-3H3,(H,25,26,27);4-5,8,10H,6-7,9,19H2,1-3H3,(H,20,21,22)/t14-,22+;10-,17+/m00/s1. The zero-order valence-electron chi connectivity index (χ0n) is 32.3. The predicted molar refractivity (Wildman–Crippen MR) is 213 cm³/mol. The Morgan fingerprint density at radius 3 is 1.73 bits per heavy atom. The number of amidine groups is 2. The summed E-state index contributed by atoms with van der Waals surface area (Å²) >= 11 is 2.84. The predicted octanol–water partition coefficient (Wildman–Crippen LogP) is 8.22. The Kier molecular flexibility index (Phi) is 12.3. The van der Waals surface area contributed by atoms with Gasteiger partial charge in [-0.15, -0.1) is 0 Å². The molecule has 4 aliphatic heterocycles. The molecule has 5 aliphatic rings. The zero-order valence-corrected chi connectivity index (χ0v) is 33.9. The molecule has 12 nitrogen and oxygen atoms in total. The highest BCUT2D eigenvalue weighted by Crippen LogP contribution is 2.50. The fourth-order valence-corrected chi connectivity index (χ4v) is 9.56. The molecule has 0 unspecified atom stereocenters. The number of carbonyl (C=O) groups is 2. The fourth-order valence-electron chi connectivity index (χ4n) is 7.34. The molecular formula is C39H52F2N6O6S2. The van der Waals surface area contributed by atoms with E-state index in [0.717, 1.165) is 31.4 Å². The number of hydrogen-bond donors (Lipinski definition) is 4. The first-order chi connectivity index (χ1) is 25.9. The lowest BCUT2D eigenvalue weighted by atomic mass is 9.89. The summed E-state index contributed by atoms with van der Waals surface area (Å²) in [6.45, 7) is 11.7. The summed E-state index contributed by atoms with van der Waals surface area (Å²) in [5.41, 5.74) is 4.39. The molecule has 3 fully saturated rings. The summed E-state index contributed by atoms with van der Waals surface area (Å²) < 4.78 is 52.1. The van der Waals surface area contributed by atoms with Crippen LogP contribution in [0.2, 0.25) is 0 Å². The van der Waals surface area contributed by atoms with E-state index in [-0.39, 0.29) is 17.7 Å². The highest BCUT2D eigenvalue weighted by molar-refractivity contribution is 8.14. The molecule has 2 aromatic rings. The minimum atomic E-state index is -1.16. The first-order valence-electron chi connectivity index (χ1n) is 18.8. The molecule has 7 rings (SSSR count). The van der Waals surface area contributed by atoms with E-state index in [2.05, 4.69) is 20.9 Å². The van der Waals surface area contributed by atoms with Gasteiger partial charge in [0.15, 0.2) is 21.8 Å². The number of thioether (sulfide) groups is 2. The number of amides is 2. The van der Waals surface area contributed by atoms with Crippen LogP contribution in [0.5, 0.6) is 0 Å². The summed E-state index contributed by atoms with van der Waals surface area (Å²) in [7, 11) is 0.